The summed E-state index contributed by atoms with van der Waals surface area (Å²) in [4.78, 5) is 22.1. The van der Waals surface area contributed by atoms with Gasteiger partial charge in [0.2, 0.25) is 0 Å². The number of rotatable bonds is 5. The number of benzene rings is 2. The van der Waals surface area contributed by atoms with Gasteiger partial charge in [-0.1, -0.05) is 11.6 Å². The molecule has 0 bridgehead atoms. The van der Waals surface area contributed by atoms with E-state index >= 15 is 0 Å². The number of hydrogen-bond acceptors (Lipinski definition) is 4. The Morgan fingerprint density at radius 1 is 1.18 bits per heavy atom. The standard InChI is InChI=1S/C15H13ClN2O4/c1-10(15(19)17-12-4-2-11(16)3-5-12)22-14-8-6-13(7-9-14)18(20)21/h2-10H,1H3,(H,17,19)/t10-/m1/s1. The van der Waals surface area contributed by atoms with Crippen molar-refractivity contribution >= 4 is 28.9 Å². The third kappa shape index (κ3) is 4.20. The summed E-state index contributed by atoms with van der Waals surface area (Å²) in [6, 6.07) is 12.2. The molecule has 0 aromatic heterocycles. The van der Waals surface area contributed by atoms with Gasteiger partial charge in [-0.25, -0.2) is 0 Å². The lowest BCUT2D eigenvalue weighted by atomic mass is 10.3. The zero-order valence-electron chi connectivity index (χ0n) is 11.7. The van der Waals surface area contributed by atoms with Gasteiger partial charge in [-0.15, -0.1) is 0 Å². The number of carbonyl (C=O) groups is 1. The van der Waals surface area contributed by atoms with Crippen LogP contribution in [0.3, 0.4) is 0 Å². The Kier molecular flexibility index (Phi) is 4.95. The molecule has 0 aliphatic carbocycles. The highest BCUT2D eigenvalue weighted by Crippen LogP contribution is 2.19. The second-order valence-corrected chi connectivity index (χ2v) is 4.94. The highest BCUT2D eigenvalue weighted by atomic mass is 35.5. The van der Waals surface area contributed by atoms with E-state index in [-0.39, 0.29) is 11.6 Å². The first kappa shape index (κ1) is 15.8. The maximum atomic E-state index is 12.0. The van der Waals surface area contributed by atoms with Crippen molar-refractivity contribution in [2.75, 3.05) is 5.32 Å². The predicted molar refractivity (Wildman–Crippen MR) is 83.3 cm³/mol. The molecule has 0 aliphatic rings. The van der Waals surface area contributed by atoms with Crippen molar-refractivity contribution in [1.82, 2.24) is 0 Å². The van der Waals surface area contributed by atoms with Crippen molar-refractivity contribution in [2.24, 2.45) is 0 Å². The molecule has 1 atom stereocenters. The molecule has 0 saturated heterocycles. The molecular formula is C15H13ClN2O4. The highest BCUT2D eigenvalue weighted by Gasteiger charge is 2.15. The summed E-state index contributed by atoms with van der Waals surface area (Å²) in [7, 11) is 0. The number of anilines is 1. The van der Waals surface area contributed by atoms with E-state index in [4.69, 9.17) is 16.3 Å². The van der Waals surface area contributed by atoms with E-state index in [0.717, 1.165) is 0 Å². The SMILES string of the molecule is C[C@@H](Oc1ccc([N+](=O)[O-])cc1)C(=O)Nc1ccc(Cl)cc1. The number of hydrogen-bond donors (Lipinski definition) is 1. The van der Waals surface area contributed by atoms with Crippen LogP contribution in [0.1, 0.15) is 6.92 Å². The van der Waals surface area contributed by atoms with E-state index in [9.17, 15) is 14.9 Å². The Morgan fingerprint density at radius 2 is 1.77 bits per heavy atom. The van der Waals surface area contributed by atoms with Gasteiger partial charge in [0.25, 0.3) is 11.6 Å². The number of halogens is 1. The summed E-state index contributed by atoms with van der Waals surface area (Å²) in [5.74, 6) is 0.0463. The molecule has 0 radical (unpaired) electrons. The van der Waals surface area contributed by atoms with Crippen LogP contribution in [0.25, 0.3) is 0 Å². The van der Waals surface area contributed by atoms with Crippen LogP contribution in [0, 0.1) is 10.1 Å². The van der Waals surface area contributed by atoms with E-state index in [1.54, 1.807) is 31.2 Å². The van der Waals surface area contributed by atoms with Gasteiger partial charge in [0.05, 0.1) is 4.92 Å². The van der Waals surface area contributed by atoms with Crippen LogP contribution < -0.4 is 10.1 Å². The number of non-ortho nitro benzene ring substituents is 1. The van der Waals surface area contributed by atoms with E-state index in [1.807, 2.05) is 0 Å². The van der Waals surface area contributed by atoms with Gasteiger partial charge in [-0.05, 0) is 43.3 Å². The second kappa shape index (κ2) is 6.91. The number of carbonyl (C=O) groups excluding carboxylic acids is 1. The summed E-state index contributed by atoms with van der Waals surface area (Å²) in [5.41, 5.74) is 0.569. The van der Waals surface area contributed by atoms with Gasteiger partial charge in [0, 0.05) is 22.8 Å². The lowest BCUT2D eigenvalue weighted by Gasteiger charge is -2.14. The molecule has 0 saturated carbocycles. The Labute approximate surface area is 131 Å². The van der Waals surface area contributed by atoms with Crippen LogP contribution in [-0.4, -0.2) is 16.9 Å². The topological polar surface area (TPSA) is 81.5 Å². The third-order valence-corrected chi connectivity index (χ3v) is 3.09. The molecular weight excluding hydrogens is 308 g/mol. The lowest BCUT2D eigenvalue weighted by molar-refractivity contribution is -0.384. The maximum absolute atomic E-state index is 12.0. The fourth-order valence-corrected chi connectivity index (χ4v) is 1.81. The number of nitrogens with zero attached hydrogens (tertiary/aromatic N) is 1. The summed E-state index contributed by atoms with van der Waals surface area (Å²) >= 11 is 5.77. The molecule has 22 heavy (non-hydrogen) atoms. The number of ether oxygens (including phenoxy) is 1. The summed E-state index contributed by atoms with van der Waals surface area (Å²) < 4.78 is 5.45. The Bertz CT molecular complexity index is 671. The van der Waals surface area contributed by atoms with Gasteiger partial charge in [0.15, 0.2) is 6.10 Å². The minimum absolute atomic E-state index is 0.0365. The Hall–Kier alpha value is -2.60. The number of nitro benzene ring substituents is 1. The molecule has 0 fully saturated rings. The predicted octanol–water partition coefficient (Wildman–Crippen LogP) is 3.65. The number of amides is 1. The lowest BCUT2D eigenvalue weighted by Crippen LogP contribution is -2.30. The molecule has 1 N–H and O–H groups in total. The molecule has 0 heterocycles. The van der Waals surface area contributed by atoms with E-state index in [2.05, 4.69) is 5.32 Å². The van der Waals surface area contributed by atoms with Crippen molar-refractivity contribution < 1.29 is 14.5 Å². The van der Waals surface area contributed by atoms with Crippen LogP contribution >= 0.6 is 11.6 Å². The molecule has 0 spiro atoms. The van der Waals surface area contributed by atoms with Crippen LogP contribution in [-0.2, 0) is 4.79 Å². The first-order valence-corrected chi connectivity index (χ1v) is 6.81. The van der Waals surface area contributed by atoms with Gasteiger partial charge >= 0.3 is 0 Å². The summed E-state index contributed by atoms with van der Waals surface area (Å²) in [6.45, 7) is 1.59. The van der Waals surface area contributed by atoms with Crippen molar-refractivity contribution in [1.29, 1.82) is 0 Å². The zero-order valence-corrected chi connectivity index (χ0v) is 12.4. The smallest absolute Gasteiger partial charge is 0.269 e. The summed E-state index contributed by atoms with van der Waals surface area (Å²) in [5, 5.41) is 13.8. The summed E-state index contributed by atoms with van der Waals surface area (Å²) in [6.07, 6.45) is -0.753. The number of nitro groups is 1. The largest absolute Gasteiger partial charge is 0.481 e. The molecule has 2 aromatic rings. The molecule has 0 aliphatic heterocycles. The maximum Gasteiger partial charge on any atom is 0.269 e. The first-order chi connectivity index (χ1) is 10.5. The average molecular weight is 321 g/mol. The highest BCUT2D eigenvalue weighted by molar-refractivity contribution is 6.30. The molecule has 7 heteroatoms. The molecule has 114 valence electrons. The zero-order chi connectivity index (χ0) is 16.1. The van der Waals surface area contributed by atoms with Gasteiger partial charge in [-0.2, -0.15) is 0 Å². The van der Waals surface area contributed by atoms with Gasteiger partial charge < -0.3 is 10.1 Å². The fourth-order valence-electron chi connectivity index (χ4n) is 1.68. The number of nitrogens with one attached hydrogen (secondary N) is 1. The van der Waals surface area contributed by atoms with Crippen molar-refractivity contribution in [3.05, 3.63) is 63.7 Å². The first-order valence-electron chi connectivity index (χ1n) is 6.43. The molecule has 1 amide bonds. The van der Waals surface area contributed by atoms with Crippen molar-refractivity contribution in [3.63, 3.8) is 0 Å². The van der Waals surface area contributed by atoms with Crippen LogP contribution in [0.15, 0.2) is 48.5 Å². The minimum atomic E-state index is -0.753. The fraction of sp³-hybridized carbons (Fsp3) is 0.133. The van der Waals surface area contributed by atoms with Gasteiger partial charge in [-0.3, -0.25) is 14.9 Å². The molecule has 6 nitrogen and oxygen atoms in total. The molecule has 2 rings (SSSR count). The average Bonchev–Trinajstić information content (AvgIpc) is 2.50. The monoisotopic (exact) mass is 320 g/mol. The third-order valence-electron chi connectivity index (χ3n) is 2.84. The minimum Gasteiger partial charge on any atom is -0.481 e. The molecule has 2 aromatic carbocycles. The van der Waals surface area contributed by atoms with Crippen molar-refractivity contribution in [3.8, 4) is 5.75 Å². The van der Waals surface area contributed by atoms with Crippen LogP contribution in [0.4, 0.5) is 11.4 Å². The van der Waals surface area contributed by atoms with Crippen LogP contribution in [0.5, 0.6) is 5.75 Å². The van der Waals surface area contributed by atoms with E-state index in [0.29, 0.717) is 16.5 Å². The van der Waals surface area contributed by atoms with Crippen molar-refractivity contribution in [2.45, 2.75) is 13.0 Å². The van der Waals surface area contributed by atoms with E-state index < -0.39 is 11.0 Å². The van der Waals surface area contributed by atoms with E-state index in [1.165, 1.54) is 24.3 Å². The Balaban J connectivity index is 1.95. The van der Waals surface area contributed by atoms with Gasteiger partial charge in [0.1, 0.15) is 5.75 Å². The second-order valence-electron chi connectivity index (χ2n) is 4.51. The van der Waals surface area contributed by atoms with Crippen LogP contribution in [0.2, 0.25) is 5.02 Å². The Morgan fingerprint density at radius 3 is 2.32 bits per heavy atom. The quantitative estimate of drug-likeness (QED) is 0.673. The molecule has 0 unspecified atom stereocenters. The normalized spacial score (nSPS) is 11.5.